The van der Waals surface area contributed by atoms with E-state index in [1.54, 1.807) is 23.3 Å². The normalized spacial score (nSPS) is 12.4. The van der Waals surface area contributed by atoms with E-state index in [-0.39, 0.29) is 10.8 Å². The Morgan fingerprint density at radius 2 is 1.38 bits per heavy atom. The first-order valence-corrected chi connectivity index (χ1v) is 18.2. The summed E-state index contributed by atoms with van der Waals surface area (Å²) >= 11 is 1.58. The Morgan fingerprint density at radius 1 is 0.824 bits per heavy atom. The van der Waals surface area contributed by atoms with Gasteiger partial charge in [0.15, 0.2) is 0 Å². The molecule has 186 valence electrons. The zero-order chi connectivity index (χ0) is 26.4. The van der Waals surface area contributed by atoms with Gasteiger partial charge in [-0.15, -0.1) is 17.5 Å². The molecule has 34 heavy (non-hydrogen) atoms. The number of rotatable bonds is 0. The van der Waals surface area contributed by atoms with Gasteiger partial charge in [-0.3, -0.25) is 6.08 Å². The van der Waals surface area contributed by atoms with E-state index in [0.717, 1.165) is 12.8 Å². The maximum atomic E-state index is 3.67. The molecule has 2 aromatic carbocycles. The molecule has 0 atom stereocenters. The van der Waals surface area contributed by atoms with Gasteiger partial charge in [0.25, 0.3) is 0 Å². The van der Waals surface area contributed by atoms with Crippen LogP contribution in [0.1, 0.15) is 97.9 Å². The van der Waals surface area contributed by atoms with E-state index in [0.29, 0.717) is 0 Å². The standard InChI is InChI=1S/C21H25.C5H5.2C3H7.H2Si.Zr/c1-20(2,3)16-7-9-18-14(12-16)11-15-13-17(21(4,5)6)8-10-19(15)18;1-2-4-5-3-1;2*1-3-2;;/h7-10,12H,11H2,1-6H3;1-3H,4H2;2*3H,1-2H3;1H2;/q4*-1;;. The third kappa shape index (κ3) is 11.2. The van der Waals surface area contributed by atoms with Crippen LogP contribution in [-0.4, -0.2) is 6.88 Å². The topological polar surface area (TPSA) is 0 Å². The van der Waals surface area contributed by atoms with Crippen molar-refractivity contribution in [3.63, 3.8) is 0 Å². The molecule has 0 saturated heterocycles. The van der Waals surface area contributed by atoms with E-state index in [2.05, 4.69) is 90.1 Å². The van der Waals surface area contributed by atoms with Gasteiger partial charge in [-0.1, -0.05) is 65.3 Å². The third-order valence-electron chi connectivity index (χ3n) is 5.05. The quantitative estimate of drug-likeness (QED) is 0.195. The maximum absolute atomic E-state index is 3.67. The minimum atomic E-state index is 0.167. The summed E-state index contributed by atoms with van der Waals surface area (Å²) in [6, 6.07) is 15.2. The summed E-state index contributed by atoms with van der Waals surface area (Å²) in [5.74, 6) is 0. The van der Waals surface area contributed by atoms with Crippen molar-refractivity contribution in [2.45, 2.75) is 92.9 Å². The van der Waals surface area contributed by atoms with Gasteiger partial charge >= 0.3 is 30.2 Å². The van der Waals surface area contributed by atoms with Crippen molar-refractivity contribution in [2.24, 2.45) is 0 Å². The van der Waals surface area contributed by atoms with E-state index in [9.17, 15) is 0 Å². The zero-order valence-electron chi connectivity index (χ0n) is 23.4. The van der Waals surface area contributed by atoms with E-state index < -0.39 is 0 Å². The van der Waals surface area contributed by atoms with E-state index in [1.165, 1.54) is 33.4 Å². The zero-order valence-corrected chi connectivity index (χ0v) is 27.3. The van der Waals surface area contributed by atoms with Gasteiger partial charge in [0.05, 0.1) is 0 Å². The van der Waals surface area contributed by atoms with E-state index in [4.69, 9.17) is 0 Å². The minimum absolute atomic E-state index is 0.167. The van der Waals surface area contributed by atoms with Crippen LogP contribution in [0.15, 0.2) is 48.6 Å². The monoisotopic (exact) mass is 548 g/mol. The van der Waals surface area contributed by atoms with Crippen molar-refractivity contribution >= 4 is 6.88 Å². The SMILES string of the molecule is CC(C)(C)c1[c-]c2c(cc1)-c1ccc(C(C)(C)C)cc1C2.C[CH-]C.C[CH-]C.[C-]1=CC=CC1.[SiH2]=[Zr]. The molecule has 0 spiro atoms. The summed E-state index contributed by atoms with van der Waals surface area (Å²) in [5, 5.41) is 0. The average molecular weight is 550 g/mol. The molecule has 0 saturated carbocycles. The van der Waals surface area contributed by atoms with Gasteiger partial charge in [0.2, 0.25) is 0 Å². The van der Waals surface area contributed by atoms with Gasteiger partial charge in [-0.25, -0.2) is 12.2 Å². The second-order valence-electron chi connectivity index (χ2n) is 10.5. The number of benzene rings is 2. The predicted octanol–water partition coefficient (Wildman–Crippen LogP) is 8.50. The summed E-state index contributed by atoms with van der Waals surface area (Å²) in [5.41, 5.74) is 8.70. The first-order chi connectivity index (χ1) is 16.0. The Bertz CT molecular complexity index is 834. The summed E-state index contributed by atoms with van der Waals surface area (Å²) < 4.78 is 0. The summed E-state index contributed by atoms with van der Waals surface area (Å²) in [4.78, 5) is 0. The molecule has 2 aromatic rings. The van der Waals surface area contributed by atoms with Crippen LogP contribution in [0, 0.1) is 25.0 Å². The number of hydrogen-bond donors (Lipinski definition) is 0. The molecular formula is C32H46SiZr-4. The molecule has 0 nitrogen and oxygen atoms in total. The summed E-state index contributed by atoms with van der Waals surface area (Å²) in [7, 11) is 0. The molecule has 4 rings (SSSR count). The Hall–Kier alpha value is -0.980. The average Bonchev–Trinajstić information content (AvgIpc) is 3.46. The molecule has 0 heterocycles. The second kappa shape index (κ2) is 16.6. The molecule has 2 aliphatic carbocycles. The molecule has 2 aliphatic rings. The van der Waals surface area contributed by atoms with Crippen LogP contribution in [0.4, 0.5) is 0 Å². The fourth-order valence-corrected chi connectivity index (χ4v) is 3.37. The van der Waals surface area contributed by atoms with Crippen molar-refractivity contribution < 1.29 is 23.3 Å². The molecule has 0 aliphatic heterocycles. The van der Waals surface area contributed by atoms with Crippen LogP contribution in [0.2, 0.25) is 0 Å². The number of fused-ring (bicyclic) bond motifs is 3. The van der Waals surface area contributed by atoms with Crippen molar-refractivity contribution in [2.75, 3.05) is 0 Å². The molecule has 2 heteroatoms. The number of allylic oxidation sites excluding steroid dienone is 4. The van der Waals surface area contributed by atoms with Crippen LogP contribution in [0.5, 0.6) is 0 Å². The molecule has 0 fully saturated rings. The third-order valence-corrected chi connectivity index (χ3v) is 5.05. The molecule has 0 amide bonds. The number of hydrogen-bond acceptors (Lipinski definition) is 0. The molecule has 0 radical (unpaired) electrons. The van der Waals surface area contributed by atoms with Gasteiger partial charge in [0, 0.05) is 0 Å². The van der Waals surface area contributed by atoms with Crippen LogP contribution in [-0.2, 0) is 40.6 Å². The van der Waals surface area contributed by atoms with Crippen molar-refractivity contribution in [1.82, 2.24) is 0 Å². The van der Waals surface area contributed by atoms with Gasteiger partial charge in [-0.2, -0.15) is 57.5 Å². The van der Waals surface area contributed by atoms with Gasteiger partial charge in [0.1, 0.15) is 0 Å². The van der Waals surface area contributed by atoms with Gasteiger partial charge in [-0.05, 0) is 28.4 Å². The first-order valence-electron chi connectivity index (χ1n) is 12.2. The van der Waals surface area contributed by atoms with Crippen LogP contribution >= 0.6 is 0 Å². The van der Waals surface area contributed by atoms with Gasteiger partial charge < -0.3 is 12.8 Å². The van der Waals surface area contributed by atoms with Crippen LogP contribution in [0.25, 0.3) is 11.1 Å². The van der Waals surface area contributed by atoms with E-state index in [1.807, 2.05) is 59.6 Å². The van der Waals surface area contributed by atoms with Crippen molar-refractivity contribution in [3.05, 3.63) is 95.8 Å². The summed E-state index contributed by atoms with van der Waals surface area (Å²) in [6.45, 7) is 23.6. The van der Waals surface area contributed by atoms with Crippen molar-refractivity contribution in [3.8, 4) is 11.1 Å². The van der Waals surface area contributed by atoms with Crippen LogP contribution in [0.3, 0.4) is 0 Å². The molecule has 0 unspecified atom stereocenters. The predicted molar refractivity (Wildman–Crippen MR) is 152 cm³/mol. The van der Waals surface area contributed by atoms with Crippen LogP contribution < -0.4 is 0 Å². The molecule has 0 aromatic heterocycles. The molecule has 0 bridgehead atoms. The fourth-order valence-electron chi connectivity index (χ4n) is 3.37. The van der Waals surface area contributed by atoms with E-state index >= 15 is 0 Å². The second-order valence-corrected chi connectivity index (χ2v) is 10.5. The fraction of sp³-hybridized carbons (Fsp3) is 0.438. The Kier molecular flexibility index (Phi) is 16.2. The van der Waals surface area contributed by atoms with Crippen molar-refractivity contribution in [1.29, 1.82) is 0 Å². The Labute approximate surface area is 228 Å². The molecule has 0 N–H and O–H groups in total. The first kappa shape index (κ1) is 33.0. The summed E-state index contributed by atoms with van der Waals surface area (Å²) in [6.07, 6.45) is 15.0. The Morgan fingerprint density at radius 3 is 1.79 bits per heavy atom. The molecular weight excluding hydrogens is 504 g/mol. The Balaban J connectivity index is 0.000000694.